The lowest BCUT2D eigenvalue weighted by Crippen LogP contribution is -2.34. The molecule has 0 aromatic carbocycles. The maximum Gasteiger partial charge on any atom is 0.325 e. The molecule has 1 saturated heterocycles. The molecular weight excluding hydrogens is 150 g/mol. The lowest BCUT2D eigenvalue weighted by Gasteiger charge is -2.13. The topological polar surface area (TPSA) is 70.0 Å². The van der Waals surface area contributed by atoms with Crippen LogP contribution in [0.15, 0.2) is 0 Å². The minimum atomic E-state index is -0.699. The quantitative estimate of drug-likeness (QED) is 0.482. The van der Waals surface area contributed by atoms with Crippen molar-refractivity contribution in [3.63, 3.8) is 0 Å². The SMILES string of the molecule is COC(=O)C1CC(O)CN1O. The van der Waals surface area contributed by atoms with Crippen LogP contribution in [-0.4, -0.2) is 47.1 Å². The number of carbonyl (C=O) groups is 1. The van der Waals surface area contributed by atoms with E-state index >= 15 is 0 Å². The molecular formula is C6H11NO4. The molecule has 5 heteroatoms. The van der Waals surface area contributed by atoms with Crippen LogP contribution in [0.3, 0.4) is 0 Å². The van der Waals surface area contributed by atoms with E-state index in [1.807, 2.05) is 0 Å². The van der Waals surface area contributed by atoms with Crippen molar-refractivity contribution in [1.29, 1.82) is 0 Å². The first kappa shape index (κ1) is 8.45. The summed E-state index contributed by atoms with van der Waals surface area (Å²) in [6.07, 6.45) is -0.396. The molecule has 11 heavy (non-hydrogen) atoms. The van der Waals surface area contributed by atoms with Gasteiger partial charge in [-0.2, -0.15) is 5.06 Å². The van der Waals surface area contributed by atoms with Crippen molar-refractivity contribution in [2.45, 2.75) is 18.6 Å². The average Bonchev–Trinajstić information content (AvgIpc) is 2.28. The molecule has 2 atom stereocenters. The zero-order valence-corrected chi connectivity index (χ0v) is 6.23. The number of aliphatic hydroxyl groups excluding tert-OH is 1. The van der Waals surface area contributed by atoms with Crippen molar-refractivity contribution in [3.05, 3.63) is 0 Å². The Morgan fingerprint density at radius 2 is 2.36 bits per heavy atom. The molecule has 0 aliphatic carbocycles. The van der Waals surface area contributed by atoms with Gasteiger partial charge in [0, 0.05) is 6.42 Å². The minimum absolute atomic E-state index is 0.111. The van der Waals surface area contributed by atoms with Gasteiger partial charge in [0.25, 0.3) is 0 Å². The van der Waals surface area contributed by atoms with Crippen LogP contribution in [0.4, 0.5) is 0 Å². The summed E-state index contributed by atoms with van der Waals surface area (Å²) in [4.78, 5) is 10.8. The van der Waals surface area contributed by atoms with Crippen LogP contribution in [0.2, 0.25) is 0 Å². The van der Waals surface area contributed by atoms with Gasteiger partial charge in [0.2, 0.25) is 0 Å². The van der Waals surface area contributed by atoms with Crippen molar-refractivity contribution < 1.29 is 19.8 Å². The van der Waals surface area contributed by atoms with E-state index in [9.17, 15) is 4.79 Å². The second kappa shape index (κ2) is 3.17. The molecule has 5 nitrogen and oxygen atoms in total. The van der Waals surface area contributed by atoms with Crippen LogP contribution in [0.5, 0.6) is 0 Å². The predicted molar refractivity (Wildman–Crippen MR) is 34.9 cm³/mol. The van der Waals surface area contributed by atoms with E-state index in [4.69, 9.17) is 10.3 Å². The fourth-order valence-corrected chi connectivity index (χ4v) is 1.15. The summed E-state index contributed by atoms with van der Waals surface area (Å²) >= 11 is 0. The lowest BCUT2D eigenvalue weighted by atomic mass is 10.2. The van der Waals surface area contributed by atoms with E-state index in [0.29, 0.717) is 0 Å². The molecule has 2 unspecified atom stereocenters. The van der Waals surface area contributed by atoms with Gasteiger partial charge in [-0.1, -0.05) is 0 Å². The molecule has 0 saturated carbocycles. The van der Waals surface area contributed by atoms with Crippen molar-refractivity contribution >= 4 is 5.97 Å². The van der Waals surface area contributed by atoms with E-state index in [1.165, 1.54) is 7.11 Å². The zero-order chi connectivity index (χ0) is 8.43. The maximum absolute atomic E-state index is 10.8. The molecule has 0 radical (unpaired) electrons. The van der Waals surface area contributed by atoms with Crippen molar-refractivity contribution in [2.75, 3.05) is 13.7 Å². The molecule has 64 valence electrons. The fourth-order valence-electron chi connectivity index (χ4n) is 1.15. The number of nitrogens with zero attached hydrogens (tertiary/aromatic N) is 1. The Balaban J connectivity index is 2.52. The van der Waals surface area contributed by atoms with Gasteiger partial charge in [-0.3, -0.25) is 4.79 Å². The predicted octanol–water partition coefficient (Wildman–Crippen LogP) is -1.02. The van der Waals surface area contributed by atoms with Gasteiger partial charge in [0.1, 0.15) is 6.04 Å². The molecule has 1 aliphatic heterocycles. The first-order valence-corrected chi connectivity index (χ1v) is 3.36. The Hall–Kier alpha value is -0.650. The largest absolute Gasteiger partial charge is 0.468 e. The van der Waals surface area contributed by atoms with Crippen molar-refractivity contribution in [3.8, 4) is 0 Å². The molecule has 1 heterocycles. The average molecular weight is 161 g/mol. The Morgan fingerprint density at radius 1 is 1.73 bits per heavy atom. The number of aliphatic hydroxyl groups is 1. The van der Waals surface area contributed by atoms with Crippen molar-refractivity contribution in [2.24, 2.45) is 0 Å². The van der Waals surface area contributed by atoms with Crippen LogP contribution in [0.25, 0.3) is 0 Å². The molecule has 0 amide bonds. The number of carbonyl (C=O) groups excluding carboxylic acids is 1. The summed E-state index contributed by atoms with van der Waals surface area (Å²) in [5, 5.41) is 18.8. The van der Waals surface area contributed by atoms with Gasteiger partial charge >= 0.3 is 5.97 Å². The summed E-state index contributed by atoms with van der Waals surface area (Å²) in [5.41, 5.74) is 0. The van der Waals surface area contributed by atoms with Gasteiger partial charge in [-0.15, -0.1) is 0 Å². The number of esters is 1. The fraction of sp³-hybridized carbons (Fsp3) is 0.833. The third kappa shape index (κ3) is 1.68. The molecule has 0 bridgehead atoms. The second-order valence-corrected chi connectivity index (χ2v) is 2.55. The van der Waals surface area contributed by atoms with Gasteiger partial charge < -0.3 is 15.1 Å². The van der Waals surface area contributed by atoms with Crippen LogP contribution in [-0.2, 0) is 9.53 Å². The van der Waals surface area contributed by atoms with Gasteiger partial charge in [0.05, 0.1) is 19.8 Å². The van der Waals surface area contributed by atoms with Gasteiger partial charge in [-0.05, 0) is 0 Å². The molecule has 0 aromatic rings. The highest BCUT2D eigenvalue weighted by molar-refractivity contribution is 5.75. The summed E-state index contributed by atoms with van der Waals surface area (Å²) in [6, 6.07) is -0.699. The number of methoxy groups -OCH3 is 1. The van der Waals surface area contributed by atoms with E-state index in [0.717, 1.165) is 5.06 Å². The Labute approximate surface area is 64.1 Å². The summed E-state index contributed by atoms with van der Waals surface area (Å²) in [6.45, 7) is 0.111. The van der Waals surface area contributed by atoms with Crippen LogP contribution < -0.4 is 0 Å². The number of rotatable bonds is 1. The first-order chi connectivity index (χ1) is 5.15. The van der Waals surface area contributed by atoms with Gasteiger partial charge in [-0.25, -0.2) is 0 Å². The van der Waals surface area contributed by atoms with E-state index in [1.54, 1.807) is 0 Å². The van der Waals surface area contributed by atoms with Crippen LogP contribution >= 0.6 is 0 Å². The monoisotopic (exact) mass is 161 g/mol. The van der Waals surface area contributed by atoms with E-state index < -0.39 is 18.1 Å². The van der Waals surface area contributed by atoms with E-state index in [-0.39, 0.29) is 13.0 Å². The molecule has 0 aromatic heterocycles. The normalized spacial score (nSPS) is 32.3. The number of hydroxylamine groups is 2. The Kier molecular flexibility index (Phi) is 2.43. The van der Waals surface area contributed by atoms with E-state index in [2.05, 4.69) is 4.74 Å². The maximum atomic E-state index is 10.8. The molecule has 1 aliphatic rings. The third-order valence-electron chi connectivity index (χ3n) is 1.73. The first-order valence-electron chi connectivity index (χ1n) is 3.36. The third-order valence-corrected chi connectivity index (χ3v) is 1.73. The number of hydrogen-bond acceptors (Lipinski definition) is 5. The minimum Gasteiger partial charge on any atom is -0.468 e. The number of ether oxygens (including phenoxy) is 1. The molecule has 1 rings (SSSR count). The standard InChI is InChI=1S/C6H11NO4/c1-11-6(9)5-2-4(8)3-7(5)10/h4-5,8,10H,2-3H2,1H3. The van der Waals surface area contributed by atoms with Crippen molar-refractivity contribution in [1.82, 2.24) is 5.06 Å². The highest BCUT2D eigenvalue weighted by atomic mass is 16.5. The highest BCUT2D eigenvalue weighted by Crippen LogP contribution is 2.15. The summed E-state index contributed by atoms with van der Waals surface area (Å²) in [7, 11) is 1.25. The lowest BCUT2D eigenvalue weighted by molar-refractivity contribution is -0.164. The number of hydrogen-bond donors (Lipinski definition) is 2. The van der Waals surface area contributed by atoms with Gasteiger partial charge in [0.15, 0.2) is 0 Å². The number of β-amino-alcohol motifs (C(OH)–C–C–N with tert-alkyl or cyclic N) is 1. The molecule has 0 spiro atoms. The Morgan fingerprint density at radius 3 is 2.73 bits per heavy atom. The Bertz CT molecular complexity index is 161. The second-order valence-electron chi connectivity index (χ2n) is 2.55. The zero-order valence-electron chi connectivity index (χ0n) is 6.23. The van der Waals surface area contributed by atoms with Crippen LogP contribution in [0.1, 0.15) is 6.42 Å². The van der Waals surface area contributed by atoms with Crippen LogP contribution in [0, 0.1) is 0 Å². The summed E-state index contributed by atoms with van der Waals surface area (Å²) < 4.78 is 4.40. The highest BCUT2D eigenvalue weighted by Gasteiger charge is 2.35. The summed E-state index contributed by atoms with van der Waals surface area (Å²) in [5.74, 6) is -0.510. The molecule has 1 fully saturated rings. The molecule has 2 N–H and O–H groups in total. The smallest absolute Gasteiger partial charge is 0.325 e.